The minimum atomic E-state index is -4.55. The number of anilines is 6. The maximum Gasteiger partial charge on any atom is 0.416 e. The SMILES string of the molecule is CN(C/C=C/C(=O)N1CC[C@@H](n2cc(-c3ccc(C(=O)Nc4cc(C#N)ccn4)cc3)c3c(N)ncnc32)C1)C1CC1.CN(C/C=C/C(=O)N1CC[C@@H](n2cc(-c3ccc(C(=O)Nc4cc(C(F)(F)F)ccn4)cc3)c3c(N)ncnc32)C1)C1CC1.Cc1cnc(NC(=O)c2ccc(-c3cn([C@@H]4CCN(C(=O)/C=C/CN(C)C5CC5)C4)c4ncnc(N)c34)cc2)s1. The van der Waals surface area contributed by atoms with Gasteiger partial charge in [0.05, 0.1) is 51.5 Å². The van der Waals surface area contributed by atoms with Crippen LogP contribution in [0.4, 0.5) is 47.4 Å². The van der Waals surface area contributed by atoms with E-state index in [1.165, 1.54) is 81.1 Å². The highest BCUT2D eigenvalue weighted by Gasteiger charge is 2.36. The Morgan fingerprint density at radius 2 is 0.825 bits per heavy atom. The number of nitrogens with zero attached hydrogens (tertiary/aromatic N) is 19. The first kappa shape index (κ1) is 85.6. The first-order valence-corrected chi connectivity index (χ1v) is 42.6. The van der Waals surface area contributed by atoms with Crippen LogP contribution >= 0.6 is 11.3 Å². The second-order valence-electron chi connectivity index (χ2n) is 32.5. The Hall–Kier alpha value is -14.0. The molecular weight excluding hydrogens is 1630 g/mol. The van der Waals surface area contributed by atoms with Gasteiger partial charge >= 0.3 is 6.18 Å². The van der Waals surface area contributed by atoms with Gasteiger partial charge in [-0.25, -0.2) is 44.9 Å². The van der Waals surface area contributed by atoms with Crippen molar-refractivity contribution in [3.63, 3.8) is 0 Å². The summed E-state index contributed by atoms with van der Waals surface area (Å²) < 4.78 is 45.4. The number of aryl methyl sites for hydroxylation is 1. The highest BCUT2D eigenvalue weighted by molar-refractivity contribution is 7.15. The summed E-state index contributed by atoms with van der Waals surface area (Å²) in [5.41, 5.74) is 26.8. The minimum Gasteiger partial charge on any atom is -0.383 e. The largest absolute Gasteiger partial charge is 0.416 e. The van der Waals surface area contributed by atoms with Crippen molar-refractivity contribution < 1.29 is 41.9 Å². The molecular formula is C91H94F3N25O6S. The minimum absolute atomic E-state index is 0.0166. The van der Waals surface area contributed by atoms with E-state index in [9.17, 15) is 41.9 Å². The molecule has 9 N–H and O–H groups in total. The van der Waals surface area contributed by atoms with E-state index in [4.69, 9.17) is 22.5 Å². The number of alkyl halides is 3. The second kappa shape index (κ2) is 37.2. The number of likely N-dealkylation sites (tertiary alicyclic amines) is 3. The lowest BCUT2D eigenvalue weighted by atomic mass is 10.0. The number of halogens is 3. The van der Waals surface area contributed by atoms with Gasteiger partial charge in [-0.1, -0.05) is 54.6 Å². The van der Waals surface area contributed by atoms with Gasteiger partial charge in [0.2, 0.25) is 17.7 Å². The topological polar surface area (TPSA) is 391 Å². The average Bonchev–Trinajstić information content (AvgIpc) is 1.61. The summed E-state index contributed by atoms with van der Waals surface area (Å²) in [7, 11) is 6.27. The van der Waals surface area contributed by atoms with Crippen LogP contribution in [0.15, 0.2) is 190 Å². The molecule has 31 nitrogen and oxygen atoms in total. The first-order chi connectivity index (χ1) is 60.9. The van der Waals surface area contributed by atoms with Crippen molar-refractivity contribution >= 4 is 114 Å². The number of likely N-dealkylation sites (N-methyl/N-ethyl adjacent to an activating group) is 3. The zero-order valence-electron chi connectivity index (χ0n) is 69.8. The molecule has 0 radical (unpaired) electrons. The molecule has 0 spiro atoms. The fourth-order valence-electron chi connectivity index (χ4n) is 16.2. The van der Waals surface area contributed by atoms with Crippen molar-refractivity contribution in [1.82, 2.24) is 88.0 Å². The van der Waals surface area contributed by atoms with Crippen LogP contribution in [-0.2, 0) is 20.6 Å². The lowest BCUT2D eigenvalue weighted by Crippen LogP contribution is -2.28. The molecule has 3 atom stereocenters. The molecule has 6 aliphatic rings. The van der Waals surface area contributed by atoms with Gasteiger partial charge in [0, 0.05) is 171 Å². The maximum absolute atomic E-state index is 13.0. The van der Waals surface area contributed by atoms with E-state index in [-0.39, 0.29) is 59.0 Å². The fourth-order valence-corrected chi connectivity index (χ4v) is 16.9. The smallest absolute Gasteiger partial charge is 0.383 e. The van der Waals surface area contributed by atoms with Crippen molar-refractivity contribution in [3.8, 4) is 39.4 Å². The van der Waals surface area contributed by atoms with Gasteiger partial charge in [0.15, 0.2) is 5.13 Å². The predicted molar refractivity (Wildman–Crippen MR) is 476 cm³/mol. The van der Waals surface area contributed by atoms with E-state index in [1.807, 2.05) is 93.3 Å². The van der Waals surface area contributed by atoms with E-state index in [0.717, 1.165) is 112 Å². The Labute approximate surface area is 727 Å². The highest BCUT2D eigenvalue weighted by atomic mass is 32.1. The van der Waals surface area contributed by atoms with Gasteiger partial charge < -0.3 is 56.2 Å². The number of hydrogen-bond donors (Lipinski definition) is 6. The number of hydrogen-bond acceptors (Lipinski definition) is 23. The quantitative estimate of drug-likeness (QED) is 0.0306. The third-order valence-corrected chi connectivity index (χ3v) is 24.5. The van der Waals surface area contributed by atoms with E-state index in [1.54, 1.807) is 79.0 Å². The molecule has 0 unspecified atom stereocenters. The molecule has 646 valence electrons. The first-order valence-electron chi connectivity index (χ1n) is 41.7. The number of carbonyl (C=O) groups is 6. The molecule has 6 amide bonds. The fraction of sp³-hybridized carbons (Fsp3) is 0.319. The monoisotopic (exact) mass is 1720 g/mol. The van der Waals surface area contributed by atoms with E-state index < -0.39 is 17.6 Å². The Balaban J connectivity index is 0.000000139. The third kappa shape index (κ3) is 19.8. The number of nitriles is 1. The highest BCUT2D eigenvalue weighted by Crippen LogP contribution is 2.42. The lowest BCUT2D eigenvalue weighted by molar-refractivity contribution is -0.137. The number of carbonyl (C=O) groups excluding carboxylic acids is 6. The molecule has 3 saturated carbocycles. The number of nitrogens with two attached hydrogens (primary N) is 3. The number of nitrogen functional groups attached to an aromatic ring is 3. The number of amides is 6. The molecule has 3 aliphatic heterocycles. The number of rotatable bonds is 24. The number of fused-ring (bicyclic) bond motifs is 3. The zero-order chi connectivity index (χ0) is 88.0. The molecule has 3 saturated heterocycles. The van der Waals surface area contributed by atoms with Crippen molar-refractivity contribution in [3.05, 3.63) is 222 Å². The molecule has 6 fully saturated rings. The van der Waals surface area contributed by atoms with Crippen LogP contribution in [-0.4, -0.2) is 222 Å². The summed E-state index contributed by atoms with van der Waals surface area (Å²) in [5, 5.41) is 19.8. The van der Waals surface area contributed by atoms with Gasteiger partial charge in [-0.2, -0.15) is 18.4 Å². The van der Waals surface area contributed by atoms with Crippen LogP contribution in [0.25, 0.3) is 66.5 Å². The van der Waals surface area contributed by atoms with E-state index in [2.05, 4.69) is 106 Å². The molecule has 18 rings (SSSR count). The van der Waals surface area contributed by atoms with Crippen LogP contribution in [0.1, 0.15) is 123 Å². The molecule has 9 aromatic heterocycles. The summed E-state index contributed by atoms with van der Waals surface area (Å²) in [5.74, 6) is 0.0715. The number of nitrogens with one attached hydrogen (secondary N) is 3. The summed E-state index contributed by atoms with van der Waals surface area (Å²) in [6.07, 6.45) is 30.7. The van der Waals surface area contributed by atoms with Crippen LogP contribution in [0.2, 0.25) is 0 Å². The molecule has 35 heteroatoms. The van der Waals surface area contributed by atoms with Gasteiger partial charge in [0.1, 0.15) is 65.0 Å². The van der Waals surface area contributed by atoms with Crippen LogP contribution in [0.3, 0.4) is 0 Å². The molecule has 12 heterocycles. The molecule has 3 aliphatic carbocycles. The van der Waals surface area contributed by atoms with Crippen molar-refractivity contribution in [2.24, 2.45) is 0 Å². The van der Waals surface area contributed by atoms with Crippen LogP contribution < -0.4 is 33.2 Å². The number of thiazole rings is 1. The summed E-state index contributed by atoms with van der Waals surface area (Å²) in [6.45, 7) is 7.94. The maximum atomic E-state index is 13.0. The van der Waals surface area contributed by atoms with Crippen molar-refractivity contribution in [2.45, 2.75) is 107 Å². The molecule has 0 bridgehead atoms. The summed E-state index contributed by atoms with van der Waals surface area (Å²) in [4.78, 5) is 129. The van der Waals surface area contributed by atoms with E-state index in [0.29, 0.717) is 119 Å². The van der Waals surface area contributed by atoms with Crippen molar-refractivity contribution in [2.75, 3.05) is 113 Å². The van der Waals surface area contributed by atoms with Crippen LogP contribution in [0, 0.1) is 18.3 Å². The van der Waals surface area contributed by atoms with Gasteiger partial charge in [-0.05, 0) is 163 Å². The molecule has 3 aromatic carbocycles. The third-order valence-electron chi connectivity index (χ3n) is 23.7. The Morgan fingerprint density at radius 1 is 0.476 bits per heavy atom. The predicted octanol–water partition coefficient (Wildman–Crippen LogP) is 12.5. The Kier molecular flexibility index (Phi) is 25.3. The summed E-state index contributed by atoms with van der Waals surface area (Å²) >= 11 is 1.43. The number of pyridine rings is 2. The normalized spacial score (nSPS) is 17.1. The average molecular weight is 1720 g/mol. The van der Waals surface area contributed by atoms with Gasteiger partial charge in [-0.3, -0.25) is 48.8 Å². The van der Waals surface area contributed by atoms with Gasteiger partial charge in [0.25, 0.3) is 17.7 Å². The number of aromatic nitrogens is 12. The Bertz CT molecular complexity index is 6230. The Morgan fingerprint density at radius 3 is 1.16 bits per heavy atom. The van der Waals surface area contributed by atoms with E-state index >= 15 is 0 Å². The molecule has 126 heavy (non-hydrogen) atoms. The molecule has 12 aromatic rings. The van der Waals surface area contributed by atoms with Gasteiger partial charge in [-0.15, -0.1) is 11.3 Å². The second-order valence-corrected chi connectivity index (χ2v) is 33.7. The van der Waals surface area contributed by atoms with Crippen molar-refractivity contribution in [1.29, 1.82) is 5.26 Å². The zero-order valence-corrected chi connectivity index (χ0v) is 70.6. The summed E-state index contributed by atoms with van der Waals surface area (Å²) in [6, 6.07) is 30.0. The lowest BCUT2D eigenvalue weighted by Gasteiger charge is -2.16. The standard InChI is InChI=1S/C31H31F3N8O2.C31H31N9O2.C29H32N8O2S/c1-40(22-8-9-22)13-2-3-26(43)41-14-11-23(16-41)42-17-24(27-28(35)37-18-38-29(27)42)19-4-6-20(7-5-19)30(44)39-25-15-21(10-12-36-25)31(32,33)34;1-38(23-8-9-23)13-2-3-27(41)39-14-11-24(17-39)40-18-25(28-29(33)35-19-36-30(28)40)21-4-6-22(7-5-21)31(42)37-26-15-20(16-32)10-12-34-26;1-18-14-31-29(40-18)34-28(39)20-7-5-19(6-8-20)23-16-37(27-25(23)26(30)32-17-33-27)22-11-13-36(15-22)24(38)4-3-12-35(2)21-9-10-21/h2-7,10,12,15,17-18,22-23H,8-9,11,13-14,16H2,1H3,(H2,35,37,38)(H,36,39,44);2-7,10,12,15,18-19,23-24H,8-9,11,13-14,17H2,1H3,(H2,33,35,36)(H,34,37,42);3-8,14,16-17,21-22H,9-13,15H2,1-2H3,(H2,30,32,33)(H,31,34,39)/b2*3-2+;4-3+/t23-;24-;22-/m111/s1. The number of benzene rings is 3. The van der Waals surface area contributed by atoms with Crippen LogP contribution in [0.5, 0.6) is 0 Å².